The first-order valence-electron chi connectivity index (χ1n) is 3.10. The summed E-state index contributed by atoms with van der Waals surface area (Å²) < 4.78 is 1.70. The molecule has 0 aromatic carbocycles. The number of aromatic hydroxyl groups is 1. The number of aryl methyl sites for hydroxylation is 1. The minimum Gasteiger partial charge on any atom is -0.492 e. The quantitative estimate of drug-likeness (QED) is 0.575. The highest BCUT2D eigenvalue weighted by atomic mass is 16.3. The Balaban J connectivity index is 2.82. The van der Waals surface area contributed by atoms with Crippen LogP contribution in [0.5, 0.6) is 5.88 Å². The summed E-state index contributed by atoms with van der Waals surface area (Å²) in [5.74, 6) is 0.563. The van der Waals surface area contributed by atoms with Gasteiger partial charge in [-0.3, -0.25) is 0 Å². The normalized spacial score (nSPS) is 10.6. The minimum absolute atomic E-state index is 0.0735. The summed E-state index contributed by atoms with van der Waals surface area (Å²) in [6, 6.07) is 0. The van der Waals surface area contributed by atoms with Crippen molar-refractivity contribution in [1.82, 2.24) is 19.5 Å². The molecule has 0 aliphatic carbocycles. The summed E-state index contributed by atoms with van der Waals surface area (Å²) in [6.07, 6.45) is 2.89. The molecule has 0 bridgehead atoms. The van der Waals surface area contributed by atoms with Crippen LogP contribution in [0.25, 0.3) is 11.5 Å². The van der Waals surface area contributed by atoms with Crippen molar-refractivity contribution in [3.05, 3.63) is 12.7 Å². The summed E-state index contributed by atoms with van der Waals surface area (Å²) in [5, 5.41) is 9.16. The van der Waals surface area contributed by atoms with Crippen molar-refractivity contribution in [1.29, 1.82) is 0 Å². The van der Waals surface area contributed by atoms with E-state index in [2.05, 4.69) is 15.0 Å². The van der Waals surface area contributed by atoms with E-state index in [4.69, 9.17) is 5.11 Å². The molecule has 1 N–H and O–H groups in total. The average molecular weight is 150 g/mol. The summed E-state index contributed by atoms with van der Waals surface area (Å²) in [4.78, 5) is 11.5. The van der Waals surface area contributed by atoms with E-state index in [1.165, 1.54) is 12.7 Å². The fourth-order valence-corrected chi connectivity index (χ4v) is 0.933. The Hall–Kier alpha value is -1.65. The van der Waals surface area contributed by atoms with E-state index < -0.39 is 0 Å². The lowest BCUT2D eigenvalue weighted by Gasteiger charge is -2.03. The van der Waals surface area contributed by atoms with Crippen molar-refractivity contribution in [3.63, 3.8) is 0 Å². The Morgan fingerprint density at radius 2 is 2.18 bits per heavy atom. The van der Waals surface area contributed by atoms with Gasteiger partial charge in [-0.25, -0.2) is 15.0 Å². The average Bonchev–Trinajstić information content (AvgIpc) is 2.45. The lowest BCUT2D eigenvalue weighted by molar-refractivity contribution is 0.449. The van der Waals surface area contributed by atoms with Gasteiger partial charge < -0.3 is 9.67 Å². The van der Waals surface area contributed by atoms with Gasteiger partial charge in [0, 0.05) is 7.05 Å². The molecule has 0 fully saturated rings. The van der Waals surface area contributed by atoms with Crippen molar-refractivity contribution in [2.75, 3.05) is 0 Å². The van der Waals surface area contributed by atoms with Gasteiger partial charge in [0.15, 0.2) is 11.5 Å². The molecule has 2 rings (SSSR count). The van der Waals surface area contributed by atoms with Crippen LogP contribution in [0.15, 0.2) is 12.7 Å². The summed E-state index contributed by atoms with van der Waals surface area (Å²) in [7, 11) is 1.80. The predicted molar refractivity (Wildman–Crippen MR) is 37.1 cm³/mol. The molecule has 0 spiro atoms. The fraction of sp³-hybridized carbons (Fsp3) is 0.167. The second-order valence-corrected chi connectivity index (χ2v) is 2.22. The smallest absolute Gasteiger partial charge is 0.242 e. The number of fused-ring (bicyclic) bond motifs is 1. The first-order chi connectivity index (χ1) is 5.29. The Bertz CT molecular complexity index is 323. The molecule has 0 amide bonds. The van der Waals surface area contributed by atoms with Crippen molar-refractivity contribution in [3.8, 4) is 17.4 Å². The highest BCUT2D eigenvalue weighted by Gasteiger charge is 2.13. The zero-order valence-electron chi connectivity index (χ0n) is 5.89. The van der Waals surface area contributed by atoms with Crippen LogP contribution in [0.3, 0.4) is 0 Å². The van der Waals surface area contributed by atoms with Gasteiger partial charge in [-0.2, -0.15) is 0 Å². The molecule has 0 atom stereocenters. The van der Waals surface area contributed by atoms with E-state index in [9.17, 15) is 0 Å². The molecular weight excluding hydrogens is 144 g/mol. The fourth-order valence-electron chi connectivity index (χ4n) is 0.933. The zero-order chi connectivity index (χ0) is 7.84. The van der Waals surface area contributed by atoms with Gasteiger partial charge in [-0.1, -0.05) is 0 Å². The Morgan fingerprint density at radius 1 is 1.36 bits per heavy atom. The first kappa shape index (κ1) is 6.09. The molecule has 0 saturated heterocycles. The standard InChI is InChI=1S/C6H6N4O/c1-10-3-9-6(11)4-5(10)8-2-7-4/h2-3,11H,1H3. The molecule has 0 aromatic rings. The maximum Gasteiger partial charge on any atom is 0.242 e. The molecule has 0 aromatic heterocycles. The second kappa shape index (κ2) is 1.91. The van der Waals surface area contributed by atoms with E-state index in [0.29, 0.717) is 11.5 Å². The Morgan fingerprint density at radius 3 is 2.91 bits per heavy atom. The SMILES string of the molecule is Cn1cnc(O)c2ncnc1-2. The van der Waals surface area contributed by atoms with Crippen LogP contribution >= 0.6 is 0 Å². The third kappa shape index (κ3) is 0.739. The molecule has 56 valence electrons. The van der Waals surface area contributed by atoms with Crippen molar-refractivity contribution < 1.29 is 5.11 Å². The number of nitrogens with zero attached hydrogens (tertiary/aromatic N) is 4. The lowest BCUT2D eigenvalue weighted by atomic mass is 10.4. The van der Waals surface area contributed by atoms with E-state index in [-0.39, 0.29) is 5.88 Å². The monoisotopic (exact) mass is 150 g/mol. The molecule has 0 radical (unpaired) electrons. The van der Waals surface area contributed by atoms with Crippen LogP contribution in [-0.2, 0) is 7.05 Å². The van der Waals surface area contributed by atoms with Gasteiger partial charge in [-0.15, -0.1) is 0 Å². The Kier molecular flexibility index (Phi) is 1.06. The van der Waals surface area contributed by atoms with Crippen LogP contribution in [0.1, 0.15) is 0 Å². The van der Waals surface area contributed by atoms with Gasteiger partial charge in [0.1, 0.15) is 12.7 Å². The third-order valence-corrected chi connectivity index (χ3v) is 1.48. The number of hydrogen-bond acceptors (Lipinski definition) is 4. The van der Waals surface area contributed by atoms with Gasteiger partial charge in [0.05, 0.1) is 0 Å². The van der Waals surface area contributed by atoms with Gasteiger partial charge in [0.2, 0.25) is 5.88 Å². The third-order valence-electron chi connectivity index (χ3n) is 1.48. The van der Waals surface area contributed by atoms with Gasteiger partial charge in [-0.05, 0) is 0 Å². The molecule has 2 heterocycles. The van der Waals surface area contributed by atoms with Crippen LogP contribution in [0, 0.1) is 0 Å². The minimum atomic E-state index is -0.0735. The van der Waals surface area contributed by atoms with Gasteiger partial charge in [0.25, 0.3) is 0 Å². The predicted octanol–water partition coefficient (Wildman–Crippen LogP) is 0.0205. The molecule has 2 aliphatic rings. The van der Waals surface area contributed by atoms with Crippen molar-refractivity contribution in [2.24, 2.45) is 7.05 Å². The van der Waals surface area contributed by atoms with Gasteiger partial charge >= 0.3 is 0 Å². The van der Waals surface area contributed by atoms with Crippen molar-refractivity contribution >= 4 is 0 Å². The maximum absolute atomic E-state index is 9.16. The maximum atomic E-state index is 9.16. The highest BCUT2D eigenvalue weighted by Crippen LogP contribution is 2.22. The molecule has 11 heavy (non-hydrogen) atoms. The molecule has 0 unspecified atom stereocenters. The second-order valence-electron chi connectivity index (χ2n) is 2.22. The number of aromatic nitrogens is 4. The van der Waals surface area contributed by atoms with E-state index in [1.54, 1.807) is 11.6 Å². The van der Waals surface area contributed by atoms with Crippen LogP contribution in [0.4, 0.5) is 0 Å². The number of imidazole rings is 1. The van der Waals surface area contributed by atoms with Crippen LogP contribution in [0.2, 0.25) is 0 Å². The zero-order valence-corrected chi connectivity index (χ0v) is 5.89. The molecule has 5 heteroatoms. The number of rotatable bonds is 0. The van der Waals surface area contributed by atoms with E-state index in [0.717, 1.165) is 0 Å². The largest absolute Gasteiger partial charge is 0.492 e. The van der Waals surface area contributed by atoms with Crippen LogP contribution in [-0.4, -0.2) is 24.6 Å². The highest BCUT2D eigenvalue weighted by molar-refractivity contribution is 5.56. The lowest BCUT2D eigenvalue weighted by Crippen LogP contribution is -1.98. The van der Waals surface area contributed by atoms with E-state index >= 15 is 0 Å². The first-order valence-corrected chi connectivity index (χ1v) is 3.10. The molecule has 2 aliphatic heterocycles. The topological polar surface area (TPSA) is 63.8 Å². The Labute approximate surface area is 62.7 Å². The summed E-state index contributed by atoms with van der Waals surface area (Å²) in [5.41, 5.74) is 0.440. The molecule has 0 saturated carbocycles. The van der Waals surface area contributed by atoms with Crippen molar-refractivity contribution in [2.45, 2.75) is 0 Å². The summed E-state index contributed by atoms with van der Waals surface area (Å²) >= 11 is 0. The molecular formula is C6H6N4O. The number of hydrogen-bond donors (Lipinski definition) is 1. The van der Waals surface area contributed by atoms with Crippen LogP contribution < -0.4 is 0 Å². The van der Waals surface area contributed by atoms with E-state index in [1.807, 2.05) is 0 Å². The molecule has 5 nitrogen and oxygen atoms in total. The summed E-state index contributed by atoms with van der Waals surface area (Å²) in [6.45, 7) is 0.